The van der Waals surface area contributed by atoms with Crippen molar-refractivity contribution < 1.29 is 9.59 Å². The van der Waals surface area contributed by atoms with Gasteiger partial charge >= 0.3 is 0 Å². The highest BCUT2D eigenvalue weighted by Gasteiger charge is 2.15. The lowest BCUT2D eigenvalue weighted by Crippen LogP contribution is -2.45. The first-order valence-corrected chi connectivity index (χ1v) is 7.85. The van der Waals surface area contributed by atoms with Gasteiger partial charge in [-0.1, -0.05) is 12.1 Å². The number of carbonyl (C=O) groups is 2. The van der Waals surface area contributed by atoms with E-state index in [1.807, 2.05) is 26.8 Å². The molecule has 1 heterocycles. The molecule has 0 atom stereocenters. The van der Waals surface area contributed by atoms with E-state index in [0.717, 1.165) is 5.56 Å². The van der Waals surface area contributed by atoms with Gasteiger partial charge in [-0.15, -0.1) is 0 Å². The van der Waals surface area contributed by atoms with E-state index in [1.54, 1.807) is 42.6 Å². The Hall–Kier alpha value is -3.20. The van der Waals surface area contributed by atoms with Gasteiger partial charge in [0.1, 0.15) is 11.8 Å². The summed E-state index contributed by atoms with van der Waals surface area (Å²) in [6, 6.07) is 12.4. The quantitative estimate of drug-likeness (QED) is 0.895. The number of rotatable bonds is 4. The van der Waals surface area contributed by atoms with E-state index in [2.05, 4.69) is 15.6 Å². The highest BCUT2D eigenvalue weighted by molar-refractivity contribution is 5.97. The van der Waals surface area contributed by atoms with Crippen LogP contribution in [0.5, 0.6) is 0 Å². The second-order valence-electron chi connectivity index (χ2n) is 6.57. The van der Waals surface area contributed by atoms with Gasteiger partial charge in [-0.3, -0.25) is 9.59 Å². The molecule has 1 aromatic heterocycles. The number of hydrogen-bond acceptors (Lipinski definition) is 4. The summed E-state index contributed by atoms with van der Waals surface area (Å²) in [6.07, 6.45) is 1.55. The lowest BCUT2D eigenvalue weighted by atomic mass is 10.0. The van der Waals surface area contributed by atoms with Crippen LogP contribution in [0.3, 0.4) is 0 Å². The van der Waals surface area contributed by atoms with Gasteiger partial charge < -0.3 is 10.6 Å². The number of nitrogens with one attached hydrogen (secondary N) is 2. The Morgan fingerprint density at radius 3 is 2.64 bits per heavy atom. The van der Waals surface area contributed by atoms with Crippen molar-refractivity contribution in [1.29, 1.82) is 5.26 Å². The molecule has 2 aromatic rings. The Morgan fingerprint density at radius 2 is 1.96 bits per heavy atom. The Morgan fingerprint density at radius 1 is 1.20 bits per heavy atom. The summed E-state index contributed by atoms with van der Waals surface area (Å²) in [5.41, 5.74) is 1.73. The summed E-state index contributed by atoms with van der Waals surface area (Å²) in [6.45, 7) is 5.52. The molecule has 0 spiro atoms. The van der Waals surface area contributed by atoms with Crippen molar-refractivity contribution in [3.05, 3.63) is 53.9 Å². The molecule has 0 radical (unpaired) electrons. The van der Waals surface area contributed by atoms with E-state index < -0.39 is 0 Å². The Labute approximate surface area is 146 Å². The van der Waals surface area contributed by atoms with Crippen LogP contribution in [-0.4, -0.2) is 28.9 Å². The van der Waals surface area contributed by atoms with Crippen LogP contribution in [0.15, 0.2) is 42.6 Å². The minimum Gasteiger partial charge on any atom is -0.350 e. The predicted octanol–water partition coefficient (Wildman–Crippen LogP) is 2.26. The first-order valence-electron chi connectivity index (χ1n) is 7.85. The average molecular weight is 336 g/mol. The molecule has 0 aliphatic heterocycles. The fourth-order valence-electron chi connectivity index (χ4n) is 2.28. The number of amides is 2. The maximum Gasteiger partial charge on any atom is 0.251 e. The van der Waals surface area contributed by atoms with Crippen LogP contribution >= 0.6 is 0 Å². The average Bonchev–Trinajstić information content (AvgIpc) is 2.58. The first kappa shape index (κ1) is 18.1. The van der Waals surface area contributed by atoms with Gasteiger partial charge in [-0.2, -0.15) is 5.26 Å². The molecule has 2 rings (SSSR count). The minimum absolute atomic E-state index is 0.101. The van der Waals surface area contributed by atoms with Gasteiger partial charge in [-0.25, -0.2) is 4.98 Å². The van der Waals surface area contributed by atoms with Crippen LogP contribution in [0.2, 0.25) is 0 Å². The van der Waals surface area contributed by atoms with E-state index in [1.165, 1.54) is 0 Å². The maximum atomic E-state index is 12.3. The summed E-state index contributed by atoms with van der Waals surface area (Å²) in [7, 11) is 0. The smallest absolute Gasteiger partial charge is 0.251 e. The summed E-state index contributed by atoms with van der Waals surface area (Å²) >= 11 is 0. The standard InChI is InChI=1S/C19H20N4O2/c1-19(2,3)23-17(24)12-22-18(25)14-7-4-6-13(10-14)15-8-5-9-21-16(15)11-20/h4-10H,12H2,1-3H3,(H,22,25)(H,23,24). The van der Waals surface area contributed by atoms with E-state index in [0.29, 0.717) is 16.8 Å². The third-order valence-corrected chi connectivity index (χ3v) is 3.27. The SMILES string of the molecule is CC(C)(C)NC(=O)CNC(=O)c1cccc(-c2cccnc2C#N)c1. The lowest BCUT2D eigenvalue weighted by molar-refractivity contribution is -0.121. The molecule has 0 saturated carbocycles. The number of carbonyl (C=O) groups excluding carboxylic acids is 2. The van der Waals surface area contributed by atoms with Crippen molar-refractivity contribution in [3.8, 4) is 17.2 Å². The third-order valence-electron chi connectivity index (χ3n) is 3.27. The van der Waals surface area contributed by atoms with E-state index in [4.69, 9.17) is 5.26 Å². The van der Waals surface area contributed by atoms with E-state index in [-0.39, 0.29) is 23.9 Å². The molecule has 6 nitrogen and oxygen atoms in total. The van der Waals surface area contributed by atoms with Crippen LogP contribution in [0.1, 0.15) is 36.8 Å². The predicted molar refractivity (Wildman–Crippen MR) is 94.6 cm³/mol. The topological polar surface area (TPSA) is 94.9 Å². The minimum atomic E-state index is -0.353. The monoisotopic (exact) mass is 336 g/mol. The van der Waals surface area contributed by atoms with E-state index >= 15 is 0 Å². The van der Waals surface area contributed by atoms with Crippen LogP contribution in [-0.2, 0) is 4.79 Å². The van der Waals surface area contributed by atoms with Crippen molar-refractivity contribution in [3.63, 3.8) is 0 Å². The fourth-order valence-corrected chi connectivity index (χ4v) is 2.28. The zero-order valence-corrected chi connectivity index (χ0v) is 14.5. The van der Waals surface area contributed by atoms with Gasteiger partial charge in [0.15, 0.2) is 0 Å². The van der Waals surface area contributed by atoms with Crippen molar-refractivity contribution in [1.82, 2.24) is 15.6 Å². The number of nitrogens with zero attached hydrogens (tertiary/aromatic N) is 2. The second-order valence-corrected chi connectivity index (χ2v) is 6.57. The summed E-state index contributed by atoms with van der Waals surface area (Å²) < 4.78 is 0. The zero-order valence-electron chi connectivity index (χ0n) is 14.5. The lowest BCUT2D eigenvalue weighted by Gasteiger charge is -2.20. The fraction of sp³-hybridized carbons (Fsp3) is 0.263. The van der Waals surface area contributed by atoms with Crippen molar-refractivity contribution in [2.45, 2.75) is 26.3 Å². The molecule has 0 bridgehead atoms. The number of hydrogen-bond donors (Lipinski definition) is 2. The molecule has 6 heteroatoms. The Balaban J connectivity index is 2.12. The molecule has 2 amide bonds. The zero-order chi connectivity index (χ0) is 18.4. The van der Waals surface area contributed by atoms with Gasteiger partial charge in [0.05, 0.1) is 6.54 Å². The summed E-state index contributed by atoms with van der Waals surface area (Å²) in [4.78, 5) is 28.1. The molecule has 128 valence electrons. The molecule has 0 saturated heterocycles. The molecule has 2 N–H and O–H groups in total. The maximum absolute atomic E-state index is 12.3. The van der Waals surface area contributed by atoms with Gasteiger partial charge in [0.2, 0.25) is 5.91 Å². The largest absolute Gasteiger partial charge is 0.350 e. The molecular weight excluding hydrogens is 316 g/mol. The molecule has 0 fully saturated rings. The highest BCUT2D eigenvalue weighted by Crippen LogP contribution is 2.22. The van der Waals surface area contributed by atoms with E-state index in [9.17, 15) is 9.59 Å². The summed E-state index contributed by atoms with van der Waals surface area (Å²) in [5.74, 6) is -0.607. The molecule has 0 aliphatic carbocycles. The van der Waals surface area contributed by atoms with Gasteiger partial charge in [0.25, 0.3) is 5.91 Å². The van der Waals surface area contributed by atoms with Crippen LogP contribution in [0, 0.1) is 11.3 Å². The molecule has 25 heavy (non-hydrogen) atoms. The van der Waals surface area contributed by atoms with Crippen molar-refractivity contribution >= 4 is 11.8 Å². The molecular formula is C19H20N4O2. The molecule has 0 unspecified atom stereocenters. The van der Waals surface area contributed by atoms with Crippen molar-refractivity contribution in [2.75, 3.05) is 6.54 Å². The number of aromatic nitrogens is 1. The normalized spacial score (nSPS) is 10.6. The third kappa shape index (κ3) is 5.15. The highest BCUT2D eigenvalue weighted by atomic mass is 16.2. The van der Waals surface area contributed by atoms with Crippen molar-refractivity contribution in [2.24, 2.45) is 0 Å². The number of pyridine rings is 1. The van der Waals surface area contributed by atoms with Crippen LogP contribution in [0.4, 0.5) is 0 Å². The summed E-state index contributed by atoms with van der Waals surface area (Å²) in [5, 5.41) is 14.5. The second kappa shape index (κ2) is 7.58. The van der Waals surface area contributed by atoms with Crippen LogP contribution in [0.25, 0.3) is 11.1 Å². The Bertz CT molecular complexity index is 832. The molecule has 0 aliphatic rings. The van der Waals surface area contributed by atoms with Gasteiger partial charge in [0, 0.05) is 22.9 Å². The number of benzene rings is 1. The molecule has 1 aromatic carbocycles. The first-order chi connectivity index (χ1) is 11.8. The van der Waals surface area contributed by atoms with Crippen LogP contribution < -0.4 is 10.6 Å². The van der Waals surface area contributed by atoms with Gasteiger partial charge in [-0.05, 0) is 50.6 Å². The number of nitriles is 1. The Kier molecular flexibility index (Phi) is 5.50.